The fraction of sp³-hybridized carbons (Fsp3) is 0.136. The highest BCUT2D eigenvalue weighted by Gasteiger charge is 2.41. The Hall–Kier alpha value is -2.91. The first-order chi connectivity index (χ1) is 12.3. The van der Waals surface area contributed by atoms with Crippen LogP contribution in [0.4, 0.5) is 0 Å². The zero-order valence-electron chi connectivity index (χ0n) is 13.8. The van der Waals surface area contributed by atoms with E-state index in [2.05, 4.69) is 0 Å². The summed E-state index contributed by atoms with van der Waals surface area (Å²) in [6, 6.07) is 29.6. The van der Waals surface area contributed by atoms with Gasteiger partial charge in [-0.05, 0) is 11.1 Å². The smallest absolute Gasteiger partial charge is 0.259 e. The Bertz CT molecular complexity index is 834. The fourth-order valence-electron chi connectivity index (χ4n) is 3.19. The largest absolute Gasteiger partial charge is 0.336 e. The fourth-order valence-corrected chi connectivity index (χ4v) is 3.19. The molecule has 4 rings (SSSR count). The Morgan fingerprint density at radius 3 is 1.84 bits per heavy atom. The highest BCUT2D eigenvalue weighted by molar-refractivity contribution is 5.84. The monoisotopic (exact) mass is 329 g/mol. The van der Waals surface area contributed by atoms with Crippen molar-refractivity contribution in [3.63, 3.8) is 0 Å². The summed E-state index contributed by atoms with van der Waals surface area (Å²) < 4.78 is 6.21. The molecule has 3 nitrogen and oxygen atoms in total. The van der Waals surface area contributed by atoms with Crippen LogP contribution in [0, 0.1) is 0 Å². The predicted octanol–water partition coefficient (Wildman–Crippen LogP) is 4.49. The molecule has 0 aromatic heterocycles. The van der Waals surface area contributed by atoms with Gasteiger partial charge in [0.05, 0.1) is 0 Å². The molecule has 2 atom stereocenters. The van der Waals surface area contributed by atoms with E-state index in [4.69, 9.17) is 4.74 Å². The molecule has 1 aliphatic heterocycles. The van der Waals surface area contributed by atoms with Gasteiger partial charge in [0, 0.05) is 12.1 Å². The lowest BCUT2D eigenvalue weighted by molar-refractivity contribution is -0.131. The van der Waals surface area contributed by atoms with E-state index < -0.39 is 6.10 Å². The van der Waals surface area contributed by atoms with Crippen LogP contribution < -0.4 is 0 Å². The minimum absolute atomic E-state index is 0.00362. The van der Waals surface area contributed by atoms with Gasteiger partial charge in [0.2, 0.25) is 0 Å². The molecule has 1 heterocycles. The number of rotatable bonds is 4. The summed E-state index contributed by atoms with van der Waals surface area (Å²) in [4.78, 5) is 14.9. The van der Waals surface area contributed by atoms with Crippen molar-refractivity contribution in [2.24, 2.45) is 0 Å². The maximum atomic E-state index is 13.1. The van der Waals surface area contributed by atoms with Crippen LogP contribution in [0.5, 0.6) is 0 Å². The molecule has 0 N–H and O–H groups in total. The molecule has 25 heavy (non-hydrogen) atoms. The van der Waals surface area contributed by atoms with Crippen LogP contribution in [0.25, 0.3) is 0 Å². The summed E-state index contributed by atoms with van der Waals surface area (Å²) in [5.41, 5.74) is 2.98. The van der Waals surface area contributed by atoms with Crippen LogP contribution in [-0.4, -0.2) is 10.8 Å². The van der Waals surface area contributed by atoms with E-state index in [0.29, 0.717) is 6.54 Å². The van der Waals surface area contributed by atoms with Crippen LogP contribution in [0.1, 0.15) is 29.0 Å². The molecule has 0 unspecified atom stereocenters. The Kier molecular flexibility index (Phi) is 4.32. The van der Waals surface area contributed by atoms with Crippen LogP contribution >= 0.6 is 0 Å². The van der Waals surface area contributed by atoms with Gasteiger partial charge < -0.3 is 9.64 Å². The standard InChI is InChI=1S/C22H19NO2/c24-21-20(18-12-6-2-7-13-18)25-22(19-14-8-3-9-15-19)23(21)16-17-10-4-1-5-11-17/h1-15,20,22H,16H2/t20-,22+/m0/s1. The maximum Gasteiger partial charge on any atom is 0.259 e. The molecule has 3 heteroatoms. The Morgan fingerprint density at radius 2 is 1.24 bits per heavy atom. The van der Waals surface area contributed by atoms with E-state index in [1.807, 2.05) is 95.9 Å². The third-order valence-electron chi connectivity index (χ3n) is 4.44. The first-order valence-corrected chi connectivity index (χ1v) is 8.43. The molecule has 1 saturated heterocycles. The SMILES string of the molecule is O=C1[C@H](c2ccccc2)O[C@H](c2ccccc2)N1Cc1ccccc1. The Morgan fingerprint density at radius 1 is 0.720 bits per heavy atom. The van der Waals surface area contributed by atoms with Crippen molar-refractivity contribution >= 4 is 5.91 Å². The molecule has 3 aromatic rings. The van der Waals surface area contributed by atoms with Crippen LogP contribution in [0.15, 0.2) is 91.0 Å². The van der Waals surface area contributed by atoms with E-state index in [1.165, 1.54) is 0 Å². The minimum Gasteiger partial charge on any atom is -0.336 e. The van der Waals surface area contributed by atoms with Crippen molar-refractivity contribution in [3.8, 4) is 0 Å². The van der Waals surface area contributed by atoms with Gasteiger partial charge in [-0.3, -0.25) is 4.79 Å². The van der Waals surface area contributed by atoms with E-state index in [9.17, 15) is 4.79 Å². The lowest BCUT2D eigenvalue weighted by Gasteiger charge is -2.23. The Balaban J connectivity index is 1.68. The predicted molar refractivity (Wildman–Crippen MR) is 96.4 cm³/mol. The van der Waals surface area contributed by atoms with Gasteiger partial charge in [0.15, 0.2) is 12.3 Å². The molecular weight excluding hydrogens is 310 g/mol. The van der Waals surface area contributed by atoms with Crippen molar-refractivity contribution in [1.82, 2.24) is 4.90 Å². The normalized spacial score (nSPS) is 20.0. The highest BCUT2D eigenvalue weighted by Crippen LogP contribution is 2.39. The molecule has 0 radical (unpaired) electrons. The molecule has 1 fully saturated rings. The number of benzene rings is 3. The summed E-state index contributed by atoms with van der Waals surface area (Å²) in [6.45, 7) is 0.530. The summed E-state index contributed by atoms with van der Waals surface area (Å²) >= 11 is 0. The van der Waals surface area contributed by atoms with Gasteiger partial charge in [-0.1, -0.05) is 91.0 Å². The zero-order chi connectivity index (χ0) is 17.1. The molecule has 124 valence electrons. The topological polar surface area (TPSA) is 29.5 Å². The maximum absolute atomic E-state index is 13.1. The van der Waals surface area contributed by atoms with Crippen molar-refractivity contribution < 1.29 is 9.53 Å². The molecule has 0 saturated carbocycles. The van der Waals surface area contributed by atoms with Gasteiger partial charge >= 0.3 is 0 Å². The van der Waals surface area contributed by atoms with Crippen molar-refractivity contribution in [1.29, 1.82) is 0 Å². The van der Waals surface area contributed by atoms with E-state index in [0.717, 1.165) is 16.7 Å². The molecule has 0 aliphatic carbocycles. The molecule has 1 amide bonds. The highest BCUT2D eigenvalue weighted by atomic mass is 16.5. The third-order valence-corrected chi connectivity index (χ3v) is 4.44. The number of hydrogen-bond acceptors (Lipinski definition) is 2. The molecule has 0 spiro atoms. The summed E-state index contributed by atoms with van der Waals surface area (Å²) in [5, 5.41) is 0. The first-order valence-electron chi connectivity index (χ1n) is 8.43. The second-order valence-corrected chi connectivity index (χ2v) is 6.14. The number of carbonyl (C=O) groups excluding carboxylic acids is 1. The average molecular weight is 329 g/mol. The van der Waals surface area contributed by atoms with Gasteiger partial charge in [0.1, 0.15) is 0 Å². The summed E-state index contributed by atoms with van der Waals surface area (Å²) in [5.74, 6) is 0.00362. The number of amides is 1. The van der Waals surface area contributed by atoms with E-state index >= 15 is 0 Å². The molecule has 0 bridgehead atoms. The van der Waals surface area contributed by atoms with Crippen LogP contribution in [-0.2, 0) is 16.1 Å². The second kappa shape index (κ2) is 6.91. The van der Waals surface area contributed by atoms with Gasteiger partial charge in [-0.15, -0.1) is 0 Å². The number of nitrogens with zero attached hydrogens (tertiary/aromatic N) is 1. The Labute approximate surface area is 147 Å². The first kappa shape index (κ1) is 15.6. The van der Waals surface area contributed by atoms with Crippen molar-refractivity contribution in [2.45, 2.75) is 18.9 Å². The lowest BCUT2D eigenvalue weighted by atomic mass is 10.1. The zero-order valence-corrected chi connectivity index (χ0v) is 13.8. The van der Waals surface area contributed by atoms with Crippen molar-refractivity contribution in [3.05, 3.63) is 108 Å². The van der Waals surface area contributed by atoms with E-state index in [-0.39, 0.29) is 12.1 Å². The van der Waals surface area contributed by atoms with Gasteiger partial charge in [-0.2, -0.15) is 0 Å². The molecule has 3 aromatic carbocycles. The third kappa shape index (κ3) is 3.19. The number of hydrogen-bond donors (Lipinski definition) is 0. The van der Waals surface area contributed by atoms with Crippen LogP contribution in [0.3, 0.4) is 0 Å². The summed E-state index contributed by atoms with van der Waals surface area (Å²) in [6.07, 6.45) is -0.936. The quantitative estimate of drug-likeness (QED) is 0.706. The van der Waals surface area contributed by atoms with Gasteiger partial charge in [0.25, 0.3) is 5.91 Å². The molecular formula is C22H19NO2. The lowest BCUT2D eigenvalue weighted by Crippen LogP contribution is -2.28. The number of carbonyl (C=O) groups is 1. The summed E-state index contributed by atoms with van der Waals surface area (Å²) in [7, 11) is 0. The minimum atomic E-state index is -0.560. The van der Waals surface area contributed by atoms with Crippen molar-refractivity contribution in [2.75, 3.05) is 0 Å². The second-order valence-electron chi connectivity index (χ2n) is 6.14. The van der Waals surface area contributed by atoms with Gasteiger partial charge in [-0.25, -0.2) is 0 Å². The molecule has 1 aliphatic rings. The number of ether oxygens (including phenoxy) is 1. The van der Waals surface area contributed by atoms with Crippen LogP contribution in [0.2, 0.25) is 0 Å². The average Bonchev–Trinajstić information content (AvgIpc) is 3.01. The van der Waals surface area contributed by atoms with E-state index in [1.54, 1.807) is 0 Å².